The van der Waals surface area contributed by atoms with Crippen LogP contribution in [0.5, 0.6) is 0 Å². The van der Waals surface area contributed by atoms with Crippen molar-refractivity contribution >= 4 is 17.6 Å². The quantitative estimate of drug-likeness (QED) is 0.754. The number of pyridine rings is 1. The number of aromatic carboxylic acids is 1. The van der Waals surface area contributed by atoms with Crippen molar-refractivity contribution in [2.45, 2.75) is 0 Å². The van der Waals surface area contributed by atoms with Gasteiger partial charge in [-0.1, -0.05) is 41.9 Å². The minimum Gasteiger partial charge on any atom is -0.476 e. The number of halogens is 1. The van der Waals surface area contributed by atoms with Gasteiger partial charge in [-0.15, -0.1) is 0 Å². The summed E-state index contributed by atoms with van der Waals surface area (Å²) in [5.74, 6) is -1.08. The Morgan fingerprint density at radius 1 is 1.14 bits per heavy atom. The van der Waals surface area contributed by atoms with E-state index in [0.717, 1.165) is 5.56 Å². The summed E-state index contributed by atoms with van der Waals surface area (Å²) in [6, 6.07) is 14.3. The molecule has 6 heteroatoms. The summed E-state index contributed by atoms with van der Waals surface area (Å²) in [5, 5.41) is 13.6. The molecule has 0 fully saturated rings. The lowest BCUT2D eigenvalue weighted by molar-refractivity contribution is 0.0690. The van der Waals surface area contributed by atoms with Crippen LogP contribution in [-0.2, 0) is 0 Å². The zero-order valence-corrected chi connectivity index (χ0v) is 11.5. The Morgan fingerprint density at radius 2 is 1.90 bits per heavy atom. The molecule has 0 amide bonds. The lowest BCUT2D eigenvalue weighted by atomic mass is 10.1. The molecule has 104 valence electrons. The number of rotatable bonds is 3. The van der Waals surface area contributed by atoms with Gasteiger partial charge in [0.05, 0.1) is 17.6 Å². The van der Waals surface area contributed by atoms with Crippen LogP contribution in [0.2, 0.25) is 5.15 Å². The van der Waals surface area contributed by atoms with Crippen LogP contribution >= 0.6 is 11.6 Å². The van der Waals surface area contributed by atoms with E-state index in [2.05, 4.69) is 10.1 Å². The average Bonchev–Trinajstić information content (AvgIpc) is 2.94. The number of hydrogen-bond acceptors (Lipinski definition) is 3. The third-order valence-corrected chi connectivity index (χ3v) is 3.18. The van der Waals surface area contributed by atoms with Crippen molar-refractivity contribution in [2.75, 3.05) is 0 Å². The molecule has 1 aromatic carbocycles. The van der Waals surface area contributed by atoms with Crippen LogP contribution < -0.4 is 0 Å². The summed E-state index contributed by atoms with van der Waals surface area (Å²) in [4.78, 5) is 15.2. The average molecular weight is 300 g/mol. The first kappa shape index (κ1) is 13.3. The van der Waals surface area contributed by atoms with Crippen LogP contribution in [0.4, 0.5) is 0 Å². The van der Waals surface area contributed by atoms with Gasteiger partial charge in [0.2, 0.25) is 0 Å². The molecule has 2 heterocycles. The van der Waals surface area contributed by atoms with Gasteiger partial charge in [-0.25, -0.2) is 14.5 Å². The van der Waals surface area contributed by atoms with Gasteiger partial charge in [-0.05, 0) is 18.2 Å². The number of carbonyl (C=O) groups is 1. The summed E-state index contributed by atoms with van der Waals surface area (Å²) in [7, 11) is 0. The van der Waals surface area contributed by atoms with Gasteiger partial charge in [-0.2, -0.15) is 5.10 Å². The molecule has 0 atom stereocenters. The number of benzene rings is 1. The maximum absolute atomic E-state index is 11.2. The smallest absolute Gasteiger partial charge is 0.356 e. The fraction of sp³-hybridized carbons (Fsp3) is 0. The molecule has 2 aromatic heterocycles. The molecule has 0 spiro atoms. The Hall–Kier alpha value is -2.66. The zero-order chi connectivity index (χ0) is 14.8. The van der Waals surface area contributed by atoms with Crippen LogP contribution in [0, 0.1) is 0 Å². The summed E-state index contributed by atoms with van der Waals surface area (Å²) >= 11 is 5.78. The second-order valence-corrected chi connectivity index (χ2v) is 4.72. The molecular formula is C15H10ClN3O2. The van der Waals surface area contributed by atoms with E-state index in [1.807, 2.05) is 30.3 Å². The monoisotopic (exact) mass is 299 g/mol. The summed E-state index contributed by atoms with van der Waals surface area (Å²) in [5.41, 5.74) is 2.17. The molecule has 0 bridgehead atoms. The van der Waals surface area contributed by atoms with Crippen molar-refractivity contribution in [1.29, 1.82) is 0 Å². The Balaban J connectivity index is 2.19. The largest absolute Gasteiger partial charge is 0.476 e. The zero-order valence-electron chi connectivity index (χ0n) is 10.8. The summed E-state index contributed by atoms with van der Waals surface area (Å²) < 4.78 is 1.54. The molecule has 0 aliphatic heterocycles. The van der Waals surface area contributed by atoms with Gasteiger partial charge in [0.25, 0.3) is 0 Å². The maximum Gasteiger partial charge on any atom is 0.356 e. The van der Waals surface area contributed by atoms with Crippen molar-refractivity contribution in [2.24, 2.45) is 0 Å². The molecule has 21 heavy (non-hydrogen) atoms. The lowest BCUT2D eigenvalue weighted by Gasteiger charge is -2.07. The highest BCUT2D eigenvalue weighted by atomic mass is 35.5. The van der Waals surface area contributed by atoms with E-state index in [1.165, 1.54) is 6.07 Å². The fourth-order valence-corrected chi connectivity index (χ4v) is 2.10. The van der Waals surface area contributed by atoms with E-state index in [4.69, 9.17) is 16.7 Å². The maximum atomic E-state index is 11.2. The van der Waals surface area contributed by atoms with Gasteiger partial charge >= 0.3 is 5.97 Å². The normalized spacial score (nSPS) is 10.5. The molecule has 1 N–H and O–H groups in total. The first-order valence-corrected chi connectivity index (χ1v) is 6.53. The number of carboxylic acids is 1. The van der Waals surface area contributed by atoms with E-state index < -0.39 is 5.97 Å². The Labute approximate surface area is 125 Å². The standard InChI is InChI=1S/C15H10ClN3O2/c16-14-7-6-11(9-17-14)19-13(8-12(18-19)15(20)21)10-4-2-1-3-5-10/h1-9H,(H,20,21). The predicted octanol–water partition coefficient (Wildman–Crippen LogP) is 3.29. The van der Waals surface area contributed by atoms with E-state index in [-0.39, 0.29) is 5.69 Å². The Morgan fingerprint density at radius 3 is 2.52 bits per heavy atom. The molecule has 0 aliphatic rings. The van der Waals surface area contributed by atoms with Crippen LogP contribution in [0.3, 0.4) is 0 Å². The first-order chi connectivity index (χ1) is 10.1. The van der Waals surface area contributed by atoms with Crippen molar-refractivity contribution < 1.29 is 9.90 Å². The van der Waals surface area contributed by atoms with Crippen molar-refractivity contribution in [3.63, 3.8) is 0 Å². The topological polar surface area (TPSA) is 68.0 Å². The third-order valence-electron chi connectivity index (χ3n) is 2.95. The molecule has 0 unspecified atom stereocenters. The van der Waals surface area contributed by atoms with Crippen LogP contribution in [0.25, 0.3) is 16.9 Å². The number of hydrogen-bond donors (Lipinski definition) is 1. The molecule has 3 aromatic rings. The predicted molar refractivity (Wildman–Crippen MR) is 78.8 cm³/mol. The molecular weight excluding hydrogens is 290 g/mol. The third kappa shape index (κ3) is 2.64. The van der Waals surface area contributed by atoms with Gasteiger partial charge in [0.15, 0.2) is 5.69 Å². The van der Waals surface area contributed by atoms with Crippen LogP contribution in [0.1, 0.15) is 10.5 Å². The van der Waals surface area contributed by atoms with Crippen molar-refractivity contribution in [3.8, 4) is 16.9 Å². The Bertz CT molecular complexity index is 782. The van der Waals surface area contributed by atoms with Crippen molar-refractivity contribution in [1.82, 2.24) is 14.8 Å². The second-order valence-electron chi connectivity index (χ2n) is 4.34. The van der Waals surface area contributed by atoms with Crippen LogP contribution in [0.15, 0.2) is 54.7 Å². The van der Waals surface area contributed by atoms with Gasteiger partial charge in [0, 0.05) is 5.56 Å². The number of aromatic nitrogens is 3. The molecule has 0 saturated heterocycles. The van der Waals surface area contributed by atoms with E-state index in [9.17, 15) is 4.79 Å². The highest BCUT2D eigenvalue weighted by molar-refractivity contribution is 6.29. The highest BCUT2D eigenvalue weighted by Crippen LogP contribution is 2.24. The lowest BCUT2D eigenvalue weighted by Crippen LogP contribution is -2.02. The van der Waals surface area contributed by atoms with E-state index >= 15 is 0 Å². The highest BCUT2D eigenvalue weighted by Gasteiger charge is 2.15. The van der Waals surface area contributed by atoms with Gasteiger partial charge in [-0.3, -0.25) is 0 Å². The molecule has 5 nitrogen and oxygen atoms in total. The number of nitrogens with zero attached hydrogens (tertiary/aromatic N) is 3. The van der Waals surface area contributed by atoms with Crippen molar-refractivity contribution in [3.05, 3.63) is 65.6 Å². The summed E-state index contributed by atoms with van der Waals surface area (Å²) in [6.07, 6.45) is 1.55. The SMILES string of the molecule is O=C(O)c1cc(-c2ccccc2)n(-c2ccc(Cl)nc2)n1. The molecule has 0 saturated carbocycles. The van der Waals surface area contributed by atoms with Crippen LogP contribution in [-0.4, -0.2) is 25.8 Å². The van der Waals surface area contributed by atoms with Gasteiger partial charge < -0.3 is 5.11 Å². The van der Waals surface area contributed by atoms with E-state index in [1.54, 1.807) is 23.0 Å². The number of carboxylic acid groups (broad SMARTS) is 1. The summed E-state index contributed by atoms with van der Waals surface area (Å²) in [6.45, 7) is 0. The molecule has 3 rings (SSSR count). The second kappa shape index (κ2) is 5.38. The first-order valence-electron chi connectivity index (χ1n) is 6.16. The minimum absolute atomic E-state index is 0.0243. The van der Waals surface area contributed by atoms with Gasteiger partial charge in [0.1, 0.15) is 5.15 Å². The van der Waals surface area contributed by atoms with E-state index in [0.29, 0.717) is 16.5 Å². The molecule has 0 aliphatic carbocycles. The molecule has 0 radical (unpaired) electrons. The minimum atomic E-state index is -1.08. The fourth-order valence-electron chi connectivity index (χ4n) is 1.99. The Kier molecular flexibility index (Phi) is 3.41.